The van der Waals surface area contributed by atoms with Gasteiger partial charge in [0.05, 0.1) is 11.1 Å². The minimum Gasteiger partial charge on any atom is -0.478 e. The molecular formula is C12H10N2O5. The van der Waals surface area contributed by atoms with Gasteiger partial charge in [-0.15, -0.1) is 0 Å². The monoisotopic (exact) mass is 262 g/mol. The summed E-state index contributed by atoms with van der Waals surface area (Å²) in [4.78, 5) is 36.6. The van der Waals surface area contributed by atoms with Crippen molar-refractivity contribution in [2.45, 2.75) is 0 Å². The summed E-state index contributed by atoms with van der Waals surface area (Å²) < 4.78 is 0. The number of rotatable bonds is 2. The van der Waals surface area contributed by atoms with Gasteiger partial charge in [0, 0.05) is 24.7 Å². The van der Waals surface area contributed by atoms with Crippen LogP contribution in [0.3, 0.4) is 0 Å². The molecule has 98 valence electrons. The molecule has 2 heterocycles. The van der Waals surface area contributed by atoms with Crippen LogP contribution >= 0.6 is 0 Å². The molecule has 0 radical (unpaired) electrons. The van der Waals surface area contributed by atoms with Crippen molar-refractivity contribution in [2.24, 2.45) is 0 Å². The Bertz CT molecular complexity index is 601. The summed E-state index contributed by atoms with van der Waals surface area (Å²) in [6.07, 6.45) is 4.00. The minimum absolute atomic E-state index is 0.0830. The Hall–Kier alpha value is -2.96. The van der Waals surface area contributed by atoms with Gasteiger partial charge in [0.15, 0.2) is 0 Å². The first-order valence-corrected chi connectivity index (χ1v) is 5.06. The second-order valence-electron chi connectivity index (χ2n) is 3.29. The molecule has 0 saturated heterocycles. The maximum absolute atomic E-state index is 10.4. The molecule has 19 heavy (non-hydrogen) atoms. The fraction of sp³-hybridized carbons (Fsp3) is 0. The first-order valence-electron chi connectivity index (χ1n) is 5.06. The highest BCUT2D eigenvalue weighted by molar-refractivity contribution is 5.87. The number of aromatic amines is 1. The standard InChI is InChI=1S/C6H5NO3.C6H5NO2/c8-5-2-1-4(3-7-5)6(9)10;8-6(9)5-2-1-3-7-4-5/h1-3H,(H,7,8)(H,9,10);1-4H,(H,8,9). The van der Waals surface area contributed by atoms with Crippen molar-refractivity contribution in [3.63, 3.8) is 0 Å². The molecule has 0 aliphatic heterocycles. The van der Waals surface area contributed by atoms with Crippen molar-refractivity contribution < 1.29 is 19.8 Å². The van der Waals surface area contributed by atoms with Gasteiger partial charge < -0.3 is 15.2 Å². The molecule has 7 heteroatoms. The van der Waals surface area contributed by atoms with E-state index in [-0.39, 0.29) is 16.7 Å². The van der Waals surface area contributed by atoms with Crippen molar-refractivity contribution >= 4 is 11.9 Å². The Kier molecular flexibility index (Phi) is 4.97. The van der Waals surface area contributed by atoms with Crippen LogP contribution in [0.4, 0.5) is 0 Å². The number of hydrogen-bond acceptors (Lipinski definition) is 4. The maximum atomic E-state index is 10.4. The van der Waals surface area contributed by atoms with Crippen molar-refractivity contribution in [3.05, 3.63) is 64.3 Å². The van der Waals surface area contributed by atoms with Crippen LogP contribution in [0, 0.1) is 0 Å². The Morgan fingerprint density at radius 3 is 2.11 bits per heavy atom. The lowest BCUT2D eigenvalue weighted by Crippen LogP contribution is -2.05. The number of hydrogen-bond donors (Lipinski definition) is 3. The van der Waals surface area contributed by atoms with Gasteiger partial charge in [-0.25, -0.2) is 9.59 Å². The number of nitrogens with one attached hydrogen (secondary N) is 1. The van der Waals surface area contributed by atoms with Gasteiger partial charge in [0.1, 0.15) is 0 Å². The Balaban J connectivity index is 0.000000191. The number of pyridine rings is 2. The lowest BCUT2D eigenvalue weighted by Gasteiger charge is -1.88. The molecule has 2 aromatic rings. The number of carboxylic acids is 2. The van der Waals surface area contributed by atoms with Crippen LogP contribution in [0.2, 0.25) is 0 Å². The fourth-order valence-electron chi connectivity index (χ4n) is 1.03. The zero-order valence-corrected chi connectivity index (χ0v) is 9.61. The number of carbonyl (C=O) groups is 2. The zero-order chi connectivity index (χ0) is 14.3. The third-order valence-electron chi connectivity index (χ3n) is 1.94. The third kappa shape index (κ3) is 4.82. The highest BCUT2D eigenvalue weighted by Gasteiger charge is 1.99. The predicted molar refractivity (Wildman–Crippen MR) is 65.2 cm³/mol. The minimum atomic E-state index is -1.05. The Morgan fingerprint density at radius 2 is 1.74 bits per heavy atom. The average molecular weight is 262 g/mol. The highest BCUT2D eigenvalue weighted by Crippen LogP contribution is 1.93. The predicted octanol–water partition coefficient (Wildman–Crippen LogP) is 0.853. The van der Waals surface area contributed by atoms with E-state index in [9.17, 15) is 14.4 Å². The molecule has 0 bridgehead atoms. The molecule has 0 spiro atoms. The number of nitrogens with zero attached hydrogens (tertiary/aromatic N) is 1. The van der Waals surface area contributed by atoms with E-state index in [0.717, 1.165) is 6.20 Å². The molecule has 2 aromatic heterocycles. The third-order valence-corrected chi connectivity index (χ3v) is 1.94. The highest BCUT2D eigenvalue weighted by atomic mass is 16.4. The van der Waals surface area contributed by atoms with E-state index in [1.807, 2.05) is 0 Å². The van der Waals surface area contributed by atoms with E-state index in [1.54, 1.807) is 6.07 Å². The SMILES string of the molecule is O=C(O)c1ccc(=O)[nH]c1.O=C(O)c1cccnc1. The largest absolute Gasteiger partial charge is 0.478 e. The summed E-state index contributed by atoms with van der Waals surface area (Å²) in [5.74, 6) is -1.99. The lowest BCUT2D eigenvalue weighted by molar-refractivity contribution is 0.0685. The topological polar surface area (TPSA) is 120 Å². The molecule has 0 amide bonds. The number of aromatic nitrogens is 2. The van der Waals surface area contributed by atoms with Crippen LogP contribution in [0.1, 0.15) is 20.7 Å². The van der Waals surface area contributed by atoms with Crippen LogP contribution in [0.5, 0.6) is 0 Å². The van der Waals surface area contributed by atoms with Gasteiger partial charge in [0.2, 0.25) is 5.56 Å². The molecule has 7 nitrogen and oxygen atoms in total. The molecule has 0 aliphatic rings. The van der Waals surface area contributed by atoms with Crippen molar-refractivity contribution in [3.8, 4) is 0 Å². The second-order valence-corrected chi connectivity index (χ2v) is 3.29. The molecule has 0 atom stereocenters. The molecule has 0 aliphatic carbocycles. The van der Waals surface area contributed by atoms with E-state index in [1.165, 1.54) is 30.6 Å². The van der Waals surface area contributed by atoms with Crippen molar-refractivity contribution in [2.75, 3.05) is 0 Å². The Labute approximate surface area is 107 Å². The second kappa shape index (κ2) is 6.70. The number of carboxylic acid groups (broad SMARTS) is 2. The van der Waals surface area contributed by atoms with Crippen LogP contribution in [-0.2, 0) is 0 Å². The summed E-state index contributed by atoms with van der Waals surface area (Å²) >= 11 is 0. The van der Waals surface area contributed by atoms with Crippen molar-refractivity contribution in [1.82, 2.24) is 9.97 Å². The molecule has 0 saturated carbocycles. The molecule has 0 fully saturated rings. The van der Waals surface area contributed by atoms with E-state index in [0.29, 0.717) is 0 Å². The van der Waals surface area contributed by atoms with E-state index < -0.39 is 11.9 Å². The smallest absolute Gasteiger partial charge is 0.337 e. The van der Waals surface area contributed by atoms with Crippen molar-refractivity contribution in [1.29, 1.82) is 0 Å². The van der Waals surface area contributed by atoms with Gasteiger partial charge in [-0.05, 0) is 18.2 Å². The van der Waals surface area contributed by atoms with Crippen LogP contribution in [0.25, 0.3) is 0 Å². The van der Waals surface area contributed by atoms with Gasteiger partial charge in [-0.1, -0.05) is 0 Å². The Morgan fingerprint density at radius 1 is 1.05 bits per heavy atom. The number of H-pyrrole nitrogens is 1. The fourth-order valence-corrected chi connectivity index (χ4v) is 1.03. The normalized spacial score (nSPS) is 9.05. The van der Waals surface area contributed by atoms with Crippen LogP contribution in [-0.4, -0.2) is 32.1 Å². The first kappa shape index (κ1) is 14.1. The van der Waals surface area contributed by atoms with Crippen LogP contribution in [0.15, 0.2) is 47.7 Å². The molecule has 2 rings (SSSR count). The summed E-state index contributed by atoms with van der Waals surface area (Å²) in [5.41, 5.74) is 0.00194. The van der Waals surface area contributed by atoms with E-state index in [4.69, 9.17) is 10.2 Å². The maximum Gasteiger partial charge on any atom is 0.337 e. The van der Waals surface area contributed by atoms with Gasteiger partial charge in [-0.3, -0.25) is 9.78 Å². The summed E-state index contributed by atoms with van der Waals surface area (Å²) in [6, 6.07) is 5.50. The summed E-state index contributed by atoms with van der Waals surface area (Å²) in [7, 11) is 0. The summed E-state index contributed by atoms with van der Waals surface area (Å²) in [6.45, 7) is 0. The first-order chi connectivity index (χ1) is 9.00. The molecule has 0 aromatic carbocycles. The van der Waals surface area contributed by atoms with Gasteiger partial charge >= 0.3 is 11.9 Å². The quantitative estimate of drug-likeness (QED) is 0.737. The van der Waals surface area contributed by atoms with E-state index >= 15 is 0 Å². The molecule has 3 N–H and O–H groups in total. The van der Waals surface area contributed by atoms with E-state index in [2.05, 4.69) is 9.97 Å². The lowest BCUT2D eigenvalue weighted by atomic mass is 10.3. The van der Waals surface area contributed by atoms with Gasteiger partial charge in [-0.2, -0.15) is 0 Å². The zero-order valence-electron chi connectivity index (χ0n) is 9.61. The number of aromatic carboxylic acids is 2. The summed E-state index contributed by atoms with van der Waals surface area (Å²) in [5, 5.41) is 16.7. The van der Waals surface area contributed by atoms with Crippen LogP contribution < -0.4 is 5.56 Å². The van der Waals surface area contributed by atoms with Gasteiger partial charge in [0.25, 0.3) is 0 Å². The average Bonchev–Trinajstić information content (AvgIpc) is 2.41. The molecular weight excluding hydrogens is 252 g/mol. The molecule has 0 unspecified atom stereocenters.